The minimum atomic E-state index is -0.716. The van der Waals surface area contributed by atoms with Crippen LogP contribution < -0.4 is 5.32 Å². The van der Waals surface area contributed by atoms with E-state index < -0.39 is 17.7 Å². The van der Waals surface area contributed by atoms with Crippen molar-refractivity contribution in [2.24, 2.45) is 0 Å². The topological polar surface area (TPSA) is 68.3 Å². The van der Waals surface area contributed by atoms with Gasteiger partial charge >= 0.3 is 5.97 Å². The highest BCUT2D eigenvalue weighted by Gasteiger charge is 2.33. The zero-order valence-electron chi connectivity index (χ0n) is 18.3. The van der Waals surface area contributed by atoms with Crippen LogP contribution in [0, 0.1) is 5.82 Å². The smallest absolute Gasteiger partial charge is 0.337 e. The number of carbonyl (C=O) groups excluding carboxylic acids is 2. The minimum absolute atomic E-state index is 0.0133. The highest BCUT2D eigenvalue weighted by atomic mass is 79.9. The van der Waals surface area contributed by atoms with Crippen LogP contribution >= 0.6 is 15.9 Å². The number of nitrogens with zero attached hydrogens (tertiary/aromatic N) is 1. The van der Waals surface area contributed by atoms with E-state index in [4.69, 9.17) is 4.98 Å². The molecule has 0 bridgehead atoms. The number of fused-ring (bicyclic) bond motifs is 1. The number of anilines is 1. The van der Waals surface area contributed by atoms with Crippen molar-refractivity contribution < 1.29 is 18.7 Å². The maximum atomic E-state index is 14.8. The molecule has 3 aromatic carbocycles. The third kappa shape index (κ3) is 4.19. The number of halogens is 2. The van der Waals surface area contributed by atoms with E-state index in [-0.39, 0.29) is 17.2 Å². The number of pyridine rings is 1. The van der Waals surface area contributed by atoms with E-state index in [1.165, 1.54) is 19.2 Å². The van der Waals surface area contributed by atoms with Crippen molar-refractivity contribution in [2.45, 2.75) is 18.8 Å². The first-order valence-electron chi connectivity index (χ1n) is 10.8. The number of hydrogen-bond donors (Lipinski definition) is 1. The van der Waals surface area contributed by atoms with Gasteiger partial charge in [0, 0.05) is 15.4 Å². The molecule has 1 heterocycles. The molecule has 0 atom stereocenters. The van der Waals surface area contributed by atoms with Gasteiger partial charge in [-0.15, -0.1) is 0 Å². The zero-order chi connectivity index (χ0) is 23.8. The molecule has 0 saturated heterocycles. The van der Waals surface area contributed by atoms with Gasteiger partial charge in [0.25, 0.3) is 5.91 Å². The largest absolute Gasteiger partial charge is 0.465 e. The van der Waals surface area contributed by atoms with Gasteiger partial charge < -0.3 is 10.1 Å². The highest BCUT2D eigenvalue weighted by Crippen LogP contribution is 2.47. The summed E-state index contributed by atoms with van der Waals surface area (Å²) in [5.74, 6) is -1.58. The average molecular weight is 519 g/mol. The Morgan fingerprint density at radius 1 is 1.06 bits per heavy atom. The predicted octanol–water partition coefficient (Wildman–Crippen LogP) is 6.72. The second-order valence-electron chi connectivity index (χ2n) is 8.19. The van der Waals surface area contributed by atoms with Crippen LogP contribution in [0.25, 0.3) is 22.2 Å². The van der Waals surface area contributed by atoms with Gasteiger partial charge in [-0.2, -0.15) is 0 Å². The van der Waals surface area contributed by atoms with E-state index in [0.29, 0.717) is 16.5 Å². The van der Waals surface area contributed by atoms with E-state index in [0.717, 1.165) is 40.2 Å². The van der Waals surface area contributed by atoms with Crippen molar-refractivity contribution in [1.29, 1.82) is 0 Å². The van der Waals surface area contributed by atoms with Crippen LogP contribution in [0.4, 0.5) is 10.1 Å². The van der Waals surface area contributed by atoms with Crippen molar-refractivity contribution in [3.8, 4) is 11.3 Å². The number of amides is 1. The van der Waals surface area contributed by atoms with Crippen LogP contribution in [-0.2, 0) is 4.74 Å². The Hall–Kier alpha value is -3.58. The molecule has 34 heavy (non-hydrogen) atoms. The first-order chi connectivity index (χ1) is 16.5. The third-order valence-electron chi connectivity index (χ3n) is 5.88. The number of benzene rings is 3. The Balaban J connectivity index is 1.66. The molecule has 4 aromatic rings. The number of methoxy groups -OCH3 is 1. The van der Waals surface area contributed by atoms with E-state index in [9.17, 15) is 14.0 Å². The monoisotopic (exact) mass is 518 g/mol. The lowest BCUT2D eigenvalue weighted by Crippen LogP contribution is -2.17. The van der Waals surface area contributed by atoms with E-state index in [1.54, 1.807) is 0 Å². The summed E-state index contributed by atoms with van der Waals surface area (Å²) >= 11 is 3.50. The van der Waals surface area contributed by atoms with E-state index in [1.807, 2.05) is 48.5 Å². The number of ether oxygens (including phenoxy) is 1. The molecule has 0 radical (unpaired) electrons. The summed E-state index contributed by atoms with van der Waals surface area (Å²) in [7, 11) is 1.23. The Morgan fingerprint density at radius 3 is 2.50 bits per heavy atom. The normalized spacial score (nSPS) is 13.0. The van der Waals surface area contributed by atoms with Crippen LogP contribution in [0.2, 0.25) is 0 Å². The van der Waals surface area contributed by atoms with Crippen LogP contribution in [-0.4, -0.2) is 24.0 Å². The van der Waals surface area contributed by atoms with Gasteiger partial charge in [-0.05, 0) is 60.7 Å². The molecule has 0 unspecified atom stereocenters. The fraction of sp³-hybridized carbons (Fsp3) is 0.148. The minimum Gasteiger partial charge on any atom is -0.465 e. The van der Waals surface area contributed by atoms with Crippen LogP contribution in [0.1, 0.15) is 45.0 Å². The van der Waals surface area contributed by atoms with Crippen LogP contribution in [0.5, 0.6) is 0 Å². The predicted molar refractivity (Wildman–Crippen MR) is 133 cm³/mol. The molecule has 1 aliphatic carbocycles. The molecule has 1 aliphatic rings. The Labute approximate surface area is 204 Å². The van der Waals surface area contributed by atoms with Gasteiger partial charge in [0.2, 0.25) is 0 Å². The molecule has 7 heteroatoms. The summed E-state index contributed by atoms with van der Waals surface area (Å²) < 4.78 is 20.2. The molecule has 1 N–H and O–H groups in total. The average Bonchev–Trinajstić information content (AvgIpc) is 3.69. The summed E-state index contributed by atoms with van der Waals surface area (Å²) in [6, 6.07) is 19.2. The first kappa shape index (κ1) is 22.2. The summed E-state index contributed by atoms with van der Waals surface area (Å²) in [5, 5.41) is 3.41. The van der Waals surface area contributed by atoms with Crippen LogP contribution in [0.15, 0.2) is 71.2 Å². The molecule has 5 nitrogen and oxygen atoms in total. The number of rotatable bonds is 5. The first-order valence-corrected chi connectivity index (χ1v) is 11.6. The fourth-order valence-corrected chi connectivity index (χ4v) is 4.49. The number of hydrogen-bond acceptors (Lipinski definition) is 4. The van der Waals surface area contributed by atoms with Crippen molar-refractivity contribution in [1.82, 2.24) is 4.98 Å². The van der Waals surface area contributed by atoms with Crippen molar-refractivity contribution in [3.05, 3.63) is 93.7 Å². The number of nitrogens with one attached hydrogen (secondary N) is 1. The summed E-state index contributed by atoms with van der Waals surface area (Å²) in [6.45, 7) is 0. The lowest BCUT2D eigenvalue weighted by atomic mass is 9.93. The Bertz CT molecular complexity index is 1440. The van der Waals surface area contributed by atoms with E-state index >= 15 is 0 Å². The van der Waals surface area contributed by atoms with Gasteiger partial charge in [-0.3, -0.25) is 4.79 Å². The molecule has 1 amide bonds. The molecule has 1 fully saturated rings. The van der Waals surface area contributed by atoms with Gasteiger partial charge in [0.15, 0.2) is 0 Å². The van der Waals surface area contributed by atoms with Gasteiger partial charge in [0.05, 0.1) is 35.1 Å². The summed E-state index contributed by atoms with van der Waals surface area (Å²) in [5.41, 5.74) is 3.80. The number of esters is 1. The van der Waals surface area contributed by atoms with Crippen molar-refractivity contribution in [3.63, 3.8) is 0 Å². The van der Waals surface area contributed by atoms with Gasteiger partial charge in [-0.1, -0.05) is 46.3 Å². The molecular weight excluding hydrogens is 499 g/mol. The maximum absolute atomic E-state index is 14.8. The van der Waals surface area contributed by atoms with Gasteiger partial charge in [0.1, 0.15) is 5.82 Å². The van der Waals surface area contributed by atoms with Crippen molar-refractivity contribution in [2.75, 3.05) is 12.4 Å². The standard InChI is InChI=1S/C27H20BrFN2O3/c1-34-27(33)17-9-11-22(20(29)13-17)31-26(32)24-19-14-18(28)10-12-21(19)30-25(23(24)15-7-8-15)16-5-3-2-4-6-16/h2-6,9-15H,7-8H2,1H3,(H,31,32). The van der Waals surface area contributed by atoms with Crippen LogP contribution in [0.3, 0.4) is 0 Å². The summed E-state index contributed by atoms with van der Waals surface area (Å²) in [4.78, 5) is 30.3. The molecule has 0 aliphatic heterocycles. The van der Waals surface area contributed by atoms with Gasteiger partial charge in [-0.25, -0.2) is 14.2 Å². The lowest BCUT2D eigenvalue weighted by molar-refractivity contribution is 0.0600. The fourth-order valence-electron chi connectivity index (χ4n) is 4.13. The maximum Gasteiger partial charge on any atom is 0.337 e. The third-order valence-corrected chi connectivity index (χ3v) is 6.38. The zero-order valence-corrected chi connectivity index (χ0v) is 19.9. The van der Waals surface area contributed by atoms with Crippen molar-refractivity contribution >= 4 is 44.4 Å². The Kier molecular flexibility index (Phi) is 5.87. The number of carbonyl (C=O) groups is 2. The quantitative estimate of drug-likeness (QED) is 0.297. The molecular formula is C27H20BrFN2O3. The molecule has 0 spiro atoms. The second-order valence-corrected chi connectivity index (χ2v) is 9.11. The second kappa shape index (κ2) is 8.99. The molecule has 170 valence electrons. The SMILES string of the molecule is COC(=O)c1ccc(NC(=O)c2c(C3CC3)c(-c3ccccc3)nc3ccc(Br)cc23)c(F)c1. The van der Waals surface area contributed by atoms with E-state index in [2.05, 4.69) is 26.0 Å². The lowest BCUT2D eigenvalue weighted by Gasteiger charge is -2.18. The highest BCUT2D eigenvalue weighted by molar-refractivity contribution is 9.10. The number of aromatic nitrogens is 1. The Morgan fingerprint density at radius 2 is 1.82 bits per heavy atom. The summed E-state index contributed by atoms with van der Waals surface area (Å²) in [6.07, 6.45) is 1.92. The molecule has 1 saturated carbocycles. The molecule has 5 rings (SSSR count). The molecule has 1 aromatic heterocycles.